The van der Waals surface area contributed by atoms with Gasteiger partial charge in [0, 0.05) is 5.56 Å². The first kappa shape index (κ1) is 11.2. The van der Waals surface area contributed by atoms with Gasteiger partial charge in [0.15, 0.2) is 0 Å². The predicted octanol–water partition coefficient (Wildman–Crippen LogP) is 2.76. The van der Waals surface area contributed by atoms with Crippen LogP contribution in [0.15, 0.2) is 36.4 Å². The van der Waals surface area contributed by atoms with Gasteiger partial charge in [0.2, 0.25) is 0 Å². The van der Waals surface area contributed by atoms with Crippen LogP contribution < -0.4 is 5.73 Å². The molecule has 3 heteroatoms. The van der Waals surface area contributed by atoms with E-state index in [1.165, 1.54) is 0 Å². The molecule has 1 aromatic carbocycles. The second-order valence-electron chi connectivity index (χ2n) is 3.78. The maximum Gasteiger partial charge on any atom is 0.123 e. The standard InChI is InChI=1S/C14H13N3/c1-2-13-12(6-7-14(16)17-13)11-5-3-4-10(8-11)9-15/h3-8H,2H2,1H3,(H2,16,17). The fraction of sp³-hybridized carbons (Fsp3) is 0.143. The molecule has 84 valence electrons. The molecule has 0 saturated carbocycles. The van der Waals surface area contributed by atoms with Crippen molar-refractivity contribution in [1.29, 1.82) is 5.26 Å². The lowest BCUT2D eigenvalue weighted by Crippen LogP contribution is -1.97. The normalized spacial score (nSPS) is 9.88. The molecule has 0 fully saturated rings. The first-order chi connectivity index (χ1) is 8.24. The molecular weight excluding hydrogens is 210 g/mol. The van der Waals surface area contributed by atoms with Gasteiger partial charge in [-0.3, -0.25) is 0 Å². The number of rotatable bonds is 2. The highest BCUT2D eigenvalue weighted by atomic mass is 14.8. The van der Waals surface area contributed by atoms with Crippen molar-refractivity contribution >= 4 is 5.82 Å². The molecule has 17 heavy (non-hydrogen) atoms. The number of benzene rings is 1. The fourth-order valence-electron chi connectivity index (χ4n) is 1.81. The van der Waals surface area contributed by atoms with Gasteiger partial charge in [0.05, 0.1) is 17.3 Å². The summed E-state index contributed by atoms with van der Waals surface area (Å²) in [5.74, 6) is 0.530. The maximum atomic E-state index is 8.89. The minimum atomic E-state index is 0.530. The topological polar surface area (TPSA) is 62.7 Å². The first-order valence-corrected chi connectivity index (χ1v) is 5.50. The second-order valence-corrected chi connectivity index (χ2v) is 3.78. The molecule has 0 unspecified atom stereocenters. The van der Waals surface area contributed by atoms with Gasteiger partial charge in [-0.05, 0) is 36.2 Å². The van der Waals surface area contributed by atoms with Crippen molar-refractivity contribution in [2.24, 2.45) is 0 Å². The third-order valence-electron chi connectivity index (χ3n) is 2.63. The van der Waals surface area contributed by atoms with Crippen molar-refractivity contribution in [2.75, 3.05) is 5.73 Å². The predicted molar refractivity (Wildman–Crippen MR) is 68.2 cm³/mol. The van der Waals surface area contributed by atoms with Crippen LogP contribution in [0, 0.1) is 11.3 Å². The van der Waals surface area contributed by atoms with Crippen molar-refractivity contribution in [3.63, 3.8) is 0 Å². The second kappa shape index (κ2) is 4.67. The molecule has 2 N–H and O–H groups in total. The highest BCUT2D eigenvalue weighted by Gasteiger charge is 2.06. The summed E-state index contributed by atoms with van der Waals surface area (Å²) in [6.07, 6.45) is 0.817. The van der Waals surface area contributed by atoms with Crippen LogP contribution in [0.1, 0.15) is 18.2 Å². The number of aromatic nitrogens is 1. The van der Waals surface area contributed by atoms with E-state index in [1.807, 2.05) is 31.2 Å². The van der Waals surface area contributed by atoms with Gasteiger partial charge in [-0.25, -0.2) is 4.98 Å². The Morgan fingerprint density at radius 3 is 2.82 bits per heavy atom. The van der Waals surface area contributed by atoms with Crippen molar-refractivity contribution < 1.29 is 0 Å². The average Bonchev–Trinajstić information content (AvgIpc) is 2.38. The molecule has 0 aliphatic carbocycles. The molecule has 0 aliphatic rings. The van der Waals surface area contributed by atoms with Crippen LogP contribution in [0.2, 0.25) is 0 Å². The third-order valence-corrected chi connectivity index (χ3v) is 2.63. The lowest BCUT2D eigenvalue weighted by atomic mass is 10.0. The van der Waals surface area contributed by atoms with Gasteiger partial charge in [-0.15, -0.1) is 0 Å². The summed E-state index contributed by atoms with van der Waals surface area (Å²) in [5.41, 5.74) is 9.33. The lowest BCUT2D eigenvalue weighted by molar-refractivity contribution is 1.04. The number of nitrogen functional groups attached to an aromatic ring is 1. The van der Waals surface area contributed by atoms with Crippen LogP contribution in [0.3, 0.4) is 0 Å². The molecule has 0 bridgehead atoms. The van der Waals surface area contributed by atoms with Crippen molar-refractivity contribution in [3.05, 3.63) is 47.7 Å². The quantitative estimate of drug-likeness (QED) is 0.851. The van der Waals surface area contributed by atoms with Crippen LogP contribution in [-0.2, 0) is 6.42 Å². The highest BCUT2D eigenvalue weighted by molar-refractivity contribution is 5.68. The minimum absolute atomic E-state index is 0.530. The number of aryl methyl sites for hydroxylation is 1. The van der Waals surface area contributed by atoms with Gasteiger partial charge in [0.1, 0.15) is 5.82 Å². The Bertz CT molecular complexity index is 582. The Labute approximate surface area is 101 Å². The summed E-state index contributed by atoms with van der Waals surface area (Å²) in [6, 6.07) is 13.4. The van der Waals surface area contributed by atoms with E-state index in [4.69, 9.17) is 11.0 Å². The number of nitriles is 1. The molecule has 0 aliphatic heterocycles. The van der Waals surface area contributed by atoms with Crippen LogP contribution in [0.4, 0.5) is 5.82 Å². The average molecular weight is 223 g/mol. The van der Waals surface area contributed by atoms with Crippen molar-refractivity contribution in [2.45, 2.75) is 13.3 Å². The largest absolute Gasteiger partial charge is 0.384 e. The zero-order chi connectivity index (χ0) is 12.3. The molecule has 1 heterocycles. The molecule has 0 saturated heterocycles. The summed E-state index contributed by atoms with van der Waals surface area (Å²) in [7, 11) is 0. The van der Waals surface area contributed by atoms with E-state index < -0.39 is 0 Å². The molecule has 0 amide bonds. The van der Waals surface area contributed by atoms with Crippen LogP contribution in [0.25, 0.3) is 11.1 Å². The monoisotopic (exact) mass is 223 g/mol. The first-order valence-electron chi connectivity index (χ1n) is 5.50. The van der Waals surface area contributed by atoms with Crippen LogP contribution in [0.5, 0.6) is 0 Å². The maximum absolute atomic E-state index is 8.89. The molecule has 2 aromatic rings. The molecule has 0 atom stereocenters. The van der Waals surface area contributed by atoms with Gasteiger partial charge < -0.3 is 5.73 Å². The van der Waals surface area contributed by atoms with E-state index in [2.05, 4.69) is 11.1 Å². The Balaban J connectivity index is 2.56. The summed E-state index contributed by atoms with van der Waals surface area (Å²) < 4.78 is 0. The Hall–Kier alpha value is -2.34. The van der Waals surface area contributed by atoms with E-state index in [0.717, 1.165) is 23.2 Å². The summed E-state index contributed by atoms with van der Waals surface area (Å²) in [6.45, 7) is 2.04. The van der Waals surface area contributed by atoms with Gasteiger partial charge in [-0.2, -0.15) is 5.26 Å². The molecule has 0 radical (unpaired) electrons. The Kier molecular flexibility index (Phi) is 3.06. The SMILES string of the molecule is CCc1nc(N)ccc1-c1cccc(C#N)c1. The fourth-order valence-corrected chi connectivity index (χ4v) is 1.81. The molecule has 1 aromatic heterocycles. The molecule has 0 spiro atoms. The molecular formula is C14H13N3. The van der Waals surface area contributed by atoms with Crippen LogP contribution in [-0.4, -0.2) is 4.98 Å². The number of nitrogens with zero attached hydrogens (tertiary/aromatic N) is 2. The summed E-state index contributed by atoms with van der Waals surface area (Å²) in [4.78, 5) is 4.32. The Morgan fingerprint density at radius 1 is 1.29 bits per heavy atom. The zero-order valence-corrected chi connectivity index (χ0v) is 9.64. The van der Waals surface area contributed by atoms with Gasteiger partial charge in [-0.1, -0.05) is 19.1 Å². The van der Waals surface area contributed by atoms with E-state index in [9.17, 15) is 0 Å². The Morgan fingerprint density at radius 2 is 2.12 bits per heavy atom. The highest BCUT2D eigenvalue weighted by Crippen LogP contribution is 2.24. The van der Waals surface area contributed by atoms with E-state index in [-0.39, 0.29) is 0 Å². The summed E-state index contributed by atoms with van der Waals surface area (Å²) >= 11 is 0. The number of hydrogen-bond donors (Lipinski definition) is 1. The van der Waals surface area contributed by atoms with E-state index in [0.29, 0.717) is 11.4 Å². The van der Waals surface area contributed by atoms with Crippen molar-refractivity contribution in [1.82, 2.24) is 4.98 Å². The van der Waals surface area contributed by atoms with E-state index in [1.54, 1.807) is 12.1 Å². The third kappa shape index (κ3) is 2.26. The summed E-state index contributed by atoms with van der Waals surface area (Å²) in [5, 5.41) is 8.89. The van der Waals surface area contributed by atoms with E-state index >= 15 is 0 Å². The number of hydrogen-bond acceptors (Lipinski definition) is 3. The van der Waals surface area contributed by atoms with Crippen molar-refractivity contribution in [3.8, 4) is 17.2 Å². The van der Waals surface area contributed by atoms with Crippen LogP contribution >= 0.6 is 0 Å². The zero-order valence-electron chi connectivity index (χ0n) is 9.64. The number of pyridine rings is 1. The number of anilines is 1. The molecule has 3 nitrogen and oxygen atoms in total. The molecule has 2 rings (SSSR count). The smallest absolute Gasteiger partial charge is 0.123 e. The van der Waals surface area contributed by atoms with Gasteiger partial charge in [0.25, 0.3) is 0 Å². The van der Waals surface area contributed by atoms with Gasteiger partial charge >= 0.3 is 0 Å². The minimum Gasteiger partial charge on any atom is -0.384 e. The lowest BCUT2D eigenvalue weighted by Gasteiger charge is -2.08. The number of nitrogens with two attached hydrogens (primary N) is 1.